The van der Waals surface area contributed by atoms with Gasteiger partial charge in [0.05, 0.1) is 44.2 Å². The average Bonchev–Trinajstić information content (AvgIpc) is 3.15. The maximum atomic E-state index is 12.3. The van der Waals surface area contributed by atoms with E-state index in [0.717, 1.165) is 16.8 Å². The summed E-state index contributed by atoms with van der Waals surface area (Å²) in [6.45, 7) is 7.02. The van der Waals surface area contributed by atoms with E-state index < -0.39 is 5.60 Å². The topological polar surface area (TPSA) is 73.7 Å². The summed E-state index contributed by atoms with van der Waals surface area (Å²) >= 11 is 0. The molecule has 0 bridgehead atoms. The molecule has 3 rings (SSSR count). The Labute approximate surface area is 152 Å². The van der Waals surface area contributed by atoms with Crippen molar-refractivity contribution in [1.82, 2.24) is 14.7 Å². The monoisotopic (exact) mass is 357 g/mol. The molecule has 0 atom stereocenters. The van der Waals surface area contributed by atoms with E-state index in [1.807, 2.05) is 37.6 Å². The fourth-order valence-corrected chi connectivity index (χ4v) is 2.89. The van der Waals surface area contributed by atoms with Gasteiger partial charge in [-0.3, -0.25) is 9.58 Å². The molecular weight excluding hydrogens is 334 g/mol. The van der Waals surface area contributed by atoms with Gasteiger partial charge in [0.15, 0.2) is 0 Å². The number of amides is 1. The predicted octanol–water partition coefficient (Wildman–Crippen LogP) is 2.97. The van der Waals surface area contributed by atoms with Crippen molar-refractivity contribution in [2.75, 3.05) is 7.11 Å². The predicted molar refractivity (Wildman–Crippen MR) is 94.6 cm³/mol. The van der Waals surface area contributed by atoms with Gasteiger partial charge in [-0.15, -0.1) is 0 Å². The number of methoxy groups -OCH3 is 1. The Bertz CT molecular complexity index is 836. The van der Waals surface area contributed by atoms with Crippen molar-refractivity contribution in [2.45, 2.75) is 46.0 Å². The number of esters is 1. The average molecular weight is 357 g/mol. The van der Waals surface area contributed by atoms with E-state index in [4.69, 9.17) is 9.47 Å². The number of fused-ring (bicyclic) bond motifs is 1. The van der Waals surface area contributed by atoms with Gasteiger partial charge in [-0.05, 0) is 38.5 Å². The van der Waals surface area contributed by atoms with E-state index in [1.54, 1.807) is 23.2 Å². The molecule has 1 amide bonds. The number of ether oxygens (including phenoxy) is 2. The fraction of sp³-hybridized carbons (Fsp3) is 0.421. The van der Waals surface area contributed by atoms with Crippen molar-refractivity contribution in [3.8, 4) is 0 Å². The van der Waals surface area contributed by atoms with Gasteiger partial charge in [0.25, 0.3) is 0 Å². The van der Waals surface area contributed by atoms with Crippen LogP contribution in [-0.4, -0.2) is 39.5 Å². The van der Waals surface area contributed by atoms with Crippen molar-refractivity contribution < 1.29 is 19.1 Å². The maximum Gasteiger partial charge on any atom is 0.410 e. The Hall–Kier alpha value is -2.83. The molecule has 26 heavy (non-hydrogen) atoms. The van der Waals surface area contributed by atoms with Crippen LogP contribution in [0.1, 0.15) is 48.0 Å². The minimum atomic E-state index is -0.522. The Balaban J connectivity index is 1.73. The zero-order valence-corrected chi connectivity index (χ0v) is 15.5. The standard InChI is InChI=1S/C19H23N3O4/c1-19(2,3)26-18(24)21-11-15-9-20-22(16(15)12-21)10-13-6-5-7-14(8-13)17(23)25-4/h5-9H,10-12H2,1-4H3. The number of carbonyl (C=O) groups is 2. The Morgan fingerprint density at radius 3 is 2.69 bits per heavy atom. The van der Waals surface area contributed by atoms with Crippen LogP contribution < -0.4 is 0 Å². The minimum Gasteiger partial charge on any atom is -0.465 e. The smallest absolute Gasteiger partial charge is 0.410 e. The van der Waals surface area contributed by atoms with Gasteiger partial charge in [-0.2, -0.15) is 5.10 Å². The summed E-state index contributed by atoms with van der Waals surface area (Å²) in [6, 6.07) is 7.26. The summed E-state index contributed by atoms with van der Waals surface area (Å²) in [5.41, 5.74) is 2.92. The summed E-state index contributed by atoms with van der Waals surface area (Å²) in [5, 5.41) is 4.42. The van der Waals surface area contributed by atoms with Crippen molar-refractivity contribution in [2.24, 2.45) is 0 Å². The minimum absolute atomic E-state index is 0.326. The van der Waals surface area contributed by atoms with E-state index in [1.165, 1.54) is 7.11 Å². The third-order valence-electron chi connectivity index (χ3n) is 4.07. The molecular formula is C19H23N3O4. The number of benzene rings is 1. The van der Waals surface area contributed by atoms with Crippen LogP contribution in [0.3, 0.4) is 0 Å². The number of carbonyl (C=O) groups excluding carboxylic acids is 2. The first kappa shape index (κ1) is 18.0. The highest BCUT2D eigenvalue weighted by Crippen LogP contribution is 2.25. The van der Waals surface area contributed by atoms with Crippen LogP contribution in [0.5, 0.6) is 0 Å². The third kappa shape index (κ3) is 3.87. The molecule has 0 unspecified atom stereocenters. The Morgan fingerprint density at radius 1 is 1.23 bits per heavy atom. The molecule has 1 aliphatic heterocycles. The summed E-state index contributed by atoms with van der Waals surface area (Å²) in [4.78, 5) is 25.6. The fourth-order valence-electron chi connectivity index (χ4n) is 2.89. The molecule has 0 radical (unpaired) electrons. The number of hydrogen-bond donors (Lipinski definition) is 0. The van der Waals surface area contributed by atoms with Crippen LogP contribution in [0.2, 0.25) is 0 Å². The molecule has 0 saturated heterocycles. The molecule has 1 aromatic carbocycles. The van der Waals surface area contributed by atoms with Crippen LogP contribution in [0, 0.1) is 0 Å². The number of hydrogen-bond acceptors (Lipinski definition) is 5. The third-order valence-corrected chi connectivity index (χ3v) is 4.07. The van der Waals surface area contributed by atoms with Gasteiger partial charge in [0.1, 0.15) is 5.60 Å². The molecule has 0 fully saturated rings. The first-order valence-electron chi connectivity index (χ1n) is 8.45. The molecule has 7 heteroatoms. The molecule has 0 N–H and O–H groups in total. The normalized spacial score (nSPS) is 13.5. The van der Waals surface area contributed by atoms with Gasteiger partial charge in [0, 0.05) is 5.56 Å². The zero-order valence-electron chi connectivity index (χ0n) is 15.5. The van der Waals surface area contributed by atoms with E-state index >= 15 is 0 Å². The van der Waals surface area contributed by atoms with Crippen molar-refractivity contribution in [1.29, 1.82) is 0 Å². The zero-order chi connectivity index (χ0) is 18.9. The lowest BCUT2D eigenvalue weighted by atomic mass is 10.1. The molecule has 2 aromatic rings. The molecule has 0 spiro atoms. The lowest BCUT2D eigenvalue weighted by Gasteiger charge is -2.24. The van der Waals surface area contributed by atoms with E-state index in [-0.39, 0.29) is 12.1 Å². The van der Waals surface area contributed by atoms with E-state index in [0.29, 0.717) is 25.2 Å². The second-order valence-electron chi connectivity index (χ2n) is 7.30. The molecule has 1 aliphatic rings. The van der Waals surface area contributed by atoms with Crippen molar-refractivity contribution in [3.05, 3.63) is 52.8 Å². The van der Waals surface area contributed by atoms with Gasteiger partial charge in [-0.1, -0.05) is 12.1 Å². The first-order valence-corrected chi connectivity index (χ1v) is 8.45. The molecule has 138 valence electrons. The second kappa shape index (κ2) is 6.82. The molecule has 2 heterocycles. The van der Waals surface area contributed by atoms with Crippen LogP contribution in [-0.2, 0) is 29.1 Å². The SMILES string of the molecule is COC(=O)c1cccc(Cn2ncc3c2CN(C(=O)OC(C)(C)C)C3)c1. The first-order chi connectivity index (χ1) is 12.3. The highest BCUT2D eigenvalue weighted by atomic mass is 16.6. The Morgan fingerprint density at radius 2 is 2.00 bits per heavy atom. The lowest BCUT2D eigenvalue weighted by molar-refractivity contribution is 0.0238. The van der Waals surface area contributed by atoms with Crippen molar-refractivity contribution in [3.63, 3.8) is 0 Å². The van der Waals surface area contributed by atoms with E-state index in [2.05, 4.69) is 5.10 Å². The molecule has 1 aromatic heterocycles. The van der Waals surface area contributed by atoms with Gasteiger partial charge in [-0.25, -0.2) is 9.59 Å². The van der Waals surface area contributed by atoms with Gasteiger partial charge in [0.2, 0.25) is 0 Å². The highest BCUT2D eigenvalue weighted by Gasteiger charge is 2.30. The van der Waals surface area contributed by atoms with Gasteiger partial charge >= 0.3 is 12.1 Å². The summed E-state index contributed by atoms with van der Waals surface area (Å²) < 4.78 is 12.1. The van der Waals surface area contributed by atoms with Gasteiger partial charge < -0.3 is 9.47 Å². The quantitative estimate of drug-likeness (QED) is 0.790. The van der Waals surface area contributed by atoms with Crippen LogP contribution in [0.4, 0.5) is 4.79 Å². The van der Waals surface area contributed by atoms with Crippen LogP contribution in [0.25, 0.3) is 0 Å². The number of rotatable bonds is 3. The largest absolute Gasteiger partial charge is 0.465 e. The summed E-state index contributed by atoms with van der Waals surface area (Å²) in [7, 11) is 1.36. The number of nitrogens with zero attached hydrogens (tertiary/aromatic N) is 3. The highest BCUT2D eigenvalue weighted by molar-refractivity contribution is 5.89. The second-order valence-corrected chi connectivity index (χ2v) is 7.30. The van der Waals surface area contributed by atoms with Crippen LogP contribution in [0.15, 0.2) is 30.5 Å². The van der Waals surface area contributed by atoms with Crippen LogP contribution >= 0.6 is 0 Å². The molecule has 0 aliphatic carbocycles. The Kier molecular flexibility index (Phi) is 4.71. The molecule has 7 nitrogen and oxygen atoms in total. The number of aromatic nitrogens is 2. The summed E-state index contributed by atoms with van der Waals surface area (Å²) in [5.74, 6) is -0.367. The lowest BCUT2D eigenvalue weighted by Crippen LogP contribution is -2.33. The molecule has 0 saturated carbocycles. The van der Waals surface area contributed by atoms with Crippen molar-refractivity contribution >= 4 is 12.1 Å². The maximum absolute atomic E-state index is 12.3. The van der Waals surface area contributed by atoms with E-state index in [9.17, 15) is 9.59 Å². The summed E-state index contributed by atoms with van der Waals surface area (Å²) in [6.07, 6.45) is 1.46.